The van der Waals surface area contributed by atoms with E-state index >= 15 is 0 Å². The van der Waals surface area contributed by atoms with Gasteiger partial charge in [0.15, 0.2) is 0 Å². The van der Waals surface area contributed by atoms with E-state index in [4.69, 9.17) is 5.31 Å². The summed E-state index contributed by atoms with van der Waals surface area (Å²) in [5.74, 6) is 0. The molecule has 1 unspecified atom stereocenters. The Morgan fingerprint density at radius 3 is 2.50 bits per heavy atom. The molecule has 0 heterocycles. The third kappa shape index (κ3) is 4.64. The third-order valence-corrected chi connectivity index (χ3v) is 11.6. The normalized spacial score (nSPS) is 16.7. The molecule has 0 aliphatic rings. The van der Waals surface area contributed by atoms with Crippen LogP contribution >= 0.6 is 0 Å². The Morgan fingerprint density at radius 2 is 2.20 bits per heavy atom. The summed E-state index contributed by atoms with van der Waals surface area (Å²) in [6, 6.07) is 1.16. The second-order valence-electron chi connectivity index (χ2n) is 2.46. The first-order chi connectivity index (χ1) is 4.68. The summed E-state index contributed by atoms with van der Waals surface area (Å²) in [6.45, 7) is 4.35. The average molecular weight is 366 g/mol. The first-order valence-corrected chi connectivity index (χ1v) is 8.44. The van der Waals surface area contributed by atoms with E-state index in [1.807, 2.05) is 0 Å². The predicted octanol–water partition coefficient (Wildman–Crippen LogP) is 1.06. The van der Waals surface area contributed by atoms with Gasteiger partial charge in [0.2, 0.25) is 0 Å². The van der Waals surface area contributed by atoms with Crippen molar-refractivity contribution in [3.05, 3.63) is 0 Å². The van der Waals surface area contributed by atoms with E-state index in [1.54, 1.807) is 0 Å². The molecule has 1 atom stereocenters. The molecule has 5 heteroatoms. The fourth-order valence-corrected chi connectivity index (χ4v) is 6.95. The van der Waals surface area contributed by atoms with Gasteiger partial charge in [-0.1, -0.05) is 0 Å². The second kappa shape index (κ2) is 6.34. The zero-order valence-corrected chi connectivity index (χ0v) is 13.7. The van der Waals surface area contributed by atoms with Crippen LogP contribution in [0.15, 0.2) is 0 Å². The number of hydrogen-bond acceptors (Lipinski definition) is 2. The summed E-state index contributed by atoms with van der Waals surface area (Å²) in [5.41, 5.74) is 0. The van der Waals surface area contributed by atoms with Gasteiger partial charge in [-0.3, -0.25) is 0 Å². The molecule has 0 fully saturated rings. The fourth-order valence-electron chi connectivity index (χ4n) is 0.632. The Labute approximate surface area is 93.1 Å². The van der Waals surface area contributed by atoms with Crippen LogP contribution in [0.3, 0.4) is 0 Å². The average Bonchev–Trinajstić information content (AvgIpc) is 2.00. The molecule has 55 valence electrons. The molecule has 5 radical (unpaired) electrons. The Balaban J connectivity index is 3.58. The molecule has 2 nitrogen and oxygen atoms in total. The first-order valence-electron chi connectivity index (χ1n) is 3.41. The summed E-state index contributed by atoms with van der Waals surface area (Å²) >= 11 is 2.04. The van der Waals surface area contributed by atoms with E-state index in [1.165, 1.54) is 12.8 Å². The van der Waals surface area contributed by atoms with E-state index in [2.05, 4.69) is 13.5 Å². The van der Waals surface area contributed by atoms with Gasteiger partial charge in [-0.25, -0.2) is 0 Å². The second-order valence-corrected chi connectivity index (χ2v) is 9.43. The third-order valence-electron chi connectivity index (χ3n) is 1.45. The van der Waals surface area contributed by atoms with Gasteiger partial charge in [0.05, 0.1) is 0 Å². The van der Waals surface area contributed by atoms with Gasteiger partial charge >= 0.3 is 94.0 Å². The quantitative estimate of drug-likeness (QED) is 0.678. The summed E-state index contributed by atoms with van der Waals surface area (Å²) in [5, 5.41) is 0. The van der Waals surface area contributed by atoms with E-state index in [0.29, 0.717) is 0 Å². The van der Waals surface area contributed by atoms with Crippen LogP contribution in [-0.4, -0.2) is 56.3 Å². The van der Waals surface area contributed by atoms with Crippen molar-refractivity contribution < 1.29 is 5.31 Å². The van der Waals surface area contributed by atoms with Crippen molar-refractivity contribution in [2.75, 3.05) is 0 Å². The molecular weight excluding hydrogens is 354 g/mol. The summed E-state index contributed by atoms with van der Waals surface area (Å²) < 4.78 is 10.9. The molecular formula is C5H12InO2SiSn. The van der Waals surface area contributed by atoms with Gasteiger partial charge in [0.25, 0.3) is 0 Å². The standard InChI is InChI=1S/C5H12O2Si.In.Sn/c1-3-4-5-8(2,6)7;;/h3-5H2,1-2H3;;/q-2;2*+1. The molecule has 0 bridgehead atoms. The minimum atomic E-state index is -1.62. The van der Waals surface area contributed by atoms with Gasteiger partial charge in [-0.2, -0.15) is 0 Å². The summed E-state index contributed by atoms with van der Waals surface area (Å²) in [6.07, 6.45) is 2.49. The van der Waals surface area contributed by atoms with Crippen molar-refractivity contribution in [2.24, 2.45) is 0 Å². The predicted molar refractivity (Wildman–Crippen MR) is 45.0 cm³/mol. The van der Waals surface area contributed by atoms with Gasteiger partial charge in [-0.05, 0) is 0 Å². The molecule has 0 saturated carbocycles. The minimum absolute atomic E-state index is 0.884. The van der Waals surface area contributed by atoms with Gasteiger partial charge in [0, 0.05) is 0 Å². The van der Waals surface area contributed by atoms with Gasteiger partial charge < -0.3 is 0 Å². The van der Waals surface area contributed by atoms with Gasteiger partial charge in [0.1, 0.15) is 0 Å². The molecule has 0 rings (SSSR count). The van der Waals surface area contributed by atoms with Crippen LogP contribution < -0.4 is 0 Å². The SMILES string of the molecule is CCCC[Si](C)([O][In])[O][Sn]. The molecule has 10 heavy (non-hydrogen) atoms. The van der Waals surface area contributed by atoms with Crippen LogP contribution in [-0.2, 0) is 5.31 Å². The molecule has 0 saturated heterocycles. The van der Waals surface area contributed by atoms with Crippen LogP contribution in [0.25, 0.3) is 0 Å². The molecule has 0 aliphatic carbocycles. The van der Waals surface area contributed by atoms with Crippen LogP contribution in [0.4, 0.5) is 0 Å². The van der Waals surface area contributed by atoms with E-state index < -0.39 is 8.56 Å². The zero-order valence-electron chi connectivity index (χ0n) is 6.52. The molecule has 0 aromatic heterocycles. The zero-order chi connectivity index (χ0) is 8.04. The molecule has 0 N–H and O–H groups in total. The molecule has 0 aromatic carbocycles. The summed E-state index contributed by atoms with van der Waals surface area (Å²) in [4.78, 5) is 0. The number of rotatable bonds is 5. The van der Waals surface area contributed by atoms with E-state index in [-0.39, 0.29) is 0 Å². The molecule has 0 aromatic rings. The Hall–Kier alpha value is 1.81. The molecule has 0 aliphatic heterocycles. The monoisotopic (exact) mass is 367 g/mol. The van der Waals surface area contributed by atoms with Gasteiger partial charge in [-0.15, -0.1) is 0 Å². The number of unbranched alkanes of at least 4 members (excludes halogenated alkanes) is 1. The maximum absolute atomic E-state index is 5.46. The van der Waals surface area contributed by atoms with Crippen molar-refractivity contribution in [1.82, 2.24) is 0 Å². The van der Waals surface area contributed by atoms with E-state index in [0.717, 1.165) is 53.8 Å². The topological polar surface area (TPSA) is 18.5 Å². The van der Waals surface area contributed by atoms with Crippen molar-refractivity contribution >= 4 is 56.3 Å². The number of hydrogen-bond donors (Lipinski definition) is 0. The van der Waals surface area contributed by atoms with Crippen LogP contribution in [0.5, 0.6) is 0 Å². The van der Waals surface area contributed by atoms with Crippen LogP contribution in [0.1, 0.15) is 19.8 Å². The molecule has 0 amide bonds. The Morgan fingerprint density at radius 1 is 1.60 bits per heavy atom. The summed E-state index contributed by atoms with van der Waals surface area (Å²) in [7, 11) is -1.62. The van der Waals surface area contributed by atoms with Crippen molar-refractivity contribution in [3.63, 3.8) is 0 Å². The van der Waals surface area contributed by atoms with Crippen LogP contribution in [0, 0.1) is 0 Å². The van der Waals surface area contributed by atoms with Crippen molar-refractivity contribution in [3.8, 4) is 0 Å². The Bertz CT molecular complexity index is 89.7. The molecule has 0 spiro atoms. The van der Waals surface area contributed by atoms with Crippen LogP contribution in [0.2, 0.25) is 12.6 Å². The maximum atomic E-state index is 5.46. The van der Waals surface area contributed by atoms with Crippen molar-refractivity contribution in [2.45, 2.75) is 32.4 Å². The first kappa shape index (κ1) is 11.8. The fraction of sp³-hybridized carbons (Fsp3) is 1.00. The Kier molecular flexibility index (Phi) is 7.48. The van der Waals surface area contributed by atoms with Crippen molar-refractivity contribution in [1.29, 1.82) is 0 Å². The van der Waals surface area contributed by atoms with E-state index in [9.17, 15) is 0 Å².